The molecule has 1 atom stereocenters. The van der Waals surface area contributed by atoms with E-state index < -0.39 is 11.7 Å². The Bertz CT molecular complexity index is 743. The Balaban J connectivity index is 2.48. The highest BCUT2D eigenvalue weighted by Gasteiger charge is 2.21. The maximum Gasteiger partial charge on any atom is 0.419 e. The van der Waals surface area contributed by atoms with Gasteiger partial charge >= 0.3 is 6.09 Å². The maximum atomic E-state index is 12.5. The van der Waals surface area contributed by atoms with Crippen molar-refractivity contribution in [2.75, 3.05) is 7.11 Å². The molecule has 1 amide bonds. The van der Waals surface area contributed by atoms with Crippen LogP contribution in [-0.4, -0.2) is 35.8 Å². The third-order valence-corrected chi connectivity index (χ3v) is 3.56. The standard InChI is InChI=1S/C18H24N2O4/c1-12(19-11-21)8-13-10-20(17(22)24-18(2,3)4)16-7-6-14(23-5)9-15(13)16/h6-7,9-12H,8H2,1-5H3,(H,19,21). The van der Waals surface area contributed by atoms with Gasteiger partial charge in [-0.2, -0.15) is 0 Å². The fourth-order valence-electron chi connectivity index (χ4n) is 2.53. The predicted octanol–water partition coefficient (Wildman–Crippen LogP) is 3.11. The SMILES string of the molecule is COc1ccc2c(c1)c(CC(C)NC=O)cn2C(=O)OC(C)(C)C. The van der Waals surface area contributed by atoms with Gasteiger partial charge in [0.05, 0.1) is 12.6 Å². The van der Waals surface area contributed by atoms with E-state index >= 15 is 0 Å². The summed E-state index contributed by atoms with van der Waals surface area (Å²) in [4.78, 5) is 23.1. The number of hydrogen-bond donors (Lipinski definition) is 1. The number of amides is 1. The minimum absolute atomic E-state index is 0.0496. The first-order valence-corrected chi connectivity index (χ1v) is 7.86. The topological polar surface area (TPSA) is 69.6 Å². The van der Waals surface area contributed by atoms with E-state index in [4.69, 9.17) is 9.47 Å². The summed E-state index contributed by atoms with van der Waals surface area (Å²) in [7, 11) is 1.60. The molecule has 0 saturated heterocycles. The Labute approximate surface area is 141 Å². The van der Waals surface area contributed by atoms with Crippen LogP contribution < -0.4 is 10.1 Å². The van der Waals surface area contributed by atoms with Gasteiger partial charge in [0, 0.05) is 17.6 Å². The highest BCUT2D eigenvalue weighted by Crippen LogP contribution is 2.27. The number of carbonyl (C=O) groups is 2. The molecule has 0 bridgehead atoms. The van der Waals surface area contributed by atoms with E-state index in [0.29, 0.717) is 18.6 Å². The molecular weight excluding hydrogens is 308 g/mol. The van der Waals surface area contributed by atoms with Crippen molar-refractivity contribution >= 4 is 23.4 Å². The fraction of sp³-hybridized carbons (Fsp3) is 0.444. The number of hydrogen-bond acceptors (Lipinski definition) is 4. The zero-order valence-electron chi connectivity index (χ0n) is 14.8. The molecule has 0 spiro atoms. The molecule has 0 aliphatic heterocycles. The predicted molar refractivity (Wildman–Crippen MR) is 92.5 cm³/mol. The van der Waals surface area contributed by atoms with Crippen LogP contribution in [0.1, 0.15) is 33.3 Å². The average molecular weight is 332 g/mol. The van der Waals surface area contributed by atoms with Crippen molar-refractivity contribution in [1.82, 2.24) is 9.88 Å². The van der Waals surface area contributed by atoms with Crippen LogP contribution in [-0.2, 0) is 16.0 Å². The first-order chi connectivity index (χ1) is 11.2. The number of methoxy groups -OCH3 is 1. The molecule has 0 radical (unpaired) electrons. The number of fused-ring (bicyclic) bond motifs is 1. The van der Waals surface area contributed by atoms with E-state index in [1.165, 1.54) is 4.57 Å². The second-order valence-corrected chi connectivity index (χ2v) is 6.78. The average Bonchev–Trinajstić information content (AvgIpc) is 2.84. The number of nitrogens with zero attached hydrogens (tertiary/aromatic N) is 1. The lowest BCUT2D eigenvalue weighted by molar-refractivity contribution is -0.110. The van der Waals surface area contributed by atoms with Crippen molar-refractivity contribution < 1.29 is 19.1 Å². The van der Waals surface area contributed by atoms with E-state index in [1.54, 1.807) is 19.4 Å². The third kappa shape index (κ3) is 4.07. The van der Waals surface area contributed by atoms with E-state index in [2.05, 4.69) is 5.32 Å². The van der Waals surface area contributed by atoms with Crippen LogP contribution in [0.4, 0.5) is 4.79 Å². The smallest absolute Gasteiger partial charge is 0.419 e. The summed E-state index contributed by atoms with van der Waals surface area (Å²) in [5, 5.41) is 3.63. The van der Waals surface area contributed by atoms with Crippen molar-refractivity contribution in [2.24, 2.45) is 0 Å². The van der Waals surface area contributed by atoms with Gasteiger partial charge in [0.25, 0.3) is 0 Å². The Morgan fingerprint density at radius 2 is 2.08 bits per heavy atom. The van der Waals surface area contributed by atoms with Crippen LogP contribution in [0, 0.1) is 0 Å². The van der Waals surface area contributed by atoms with Gasteiger partial charge in [0.2, 0.25) is 6.41 Å². The van der Waals surface area contributed by atoms with Gasteiger partial charge < -0.3 is 14.8 Å². The van der Waals surface area contributed by atoms with Crippen LogP contribution in [0.15, 0.2) is 24.4 Å². The molecule has 6 nitrogen and oxygen atoms in total. The van der Waals surface area contributed by atoms with Gasteiger partial charge in [-0.3, -0.25) is 9.36 Å². The number of nitrogens with one attached hydrogen (secondary N) is 1. The Kier molecular flexibility index (Phi) is 5.17. The molecule has 1 unspecified atom stereocenters. The van der Waals surface area contributed by atoms with Gasteiger partial charge in [-0.05, 0) is 57.9 Å². The highest BCUT2D eigenvalue weighted by atomic mass is 16.6. The molecule has 2 rings (SSSR count). The molecule has 1 aromatic carbocycles. The molecule has 130 valence electrons. The molecule has 6 heteroatoms. The fourth-order valence-corrected chi connectivity index (χ4v) is 2.53. The van der Waals surface area contributed by atoms with Crippen LogP contribution in [0.25, 0.3) is 10.9 Å². The first kappa shape index (κ1) is 17.8. The first-order valence-electron chi connectivity index (χ1n) is 7.86. The van der Waals surface area contributed by atoms with Crippen LogP contribution >= 0.6 is 0 Å². The summed E-state index contributed by atoms with van der Waals surface area (Å²) in [5.74, 6) is 0.710. The number of benzene rings is 1. The second-order valence-electron chi connectivity index (χ2n) is 6.78. The van der Waals surface area contributed by atoms with Gasteiger partial charge in [0.1, 0.15) is 11.4 Å². The Morgan fingerprint density at radius 3 is 2.67 bits per heavy atom. The van der Waals surface area contributed by atoms with Crippen molar-refractivity contribution in [3.05, 3.63) is 30.0 Å². The summed E-state index contributed by atoms with van der Waals surface area (Å²) in [6.45, 7) is 7.40. The highest BCUT2D eigenvalue weighted by molar-refractivity contribution is 5.93. The largest absolute Gasteiger partial charge is 0.497 e. The molecular formula is C18H24N2O4. The summed E-state index contributed by atoms with van der Waals surface area (Å²) < 4.78 is 12.3. The summed E-state index contributed by atoms with van der Waals surface area (Å²) >= 11 is 0. The molecule has 0 aliphatic carbocycles. The summed E-state index contributed by atoms with van der Waals surface area (Å²) in [6.07, 6.45) is 2.61. The lowest BCUT2D eigenvalue weighted by Crippen LogP contribution is -2.27. The quantitative estimate of drug-likeness (QED) is 0.854. The monoisotopic (exact) mass is 332 g/mol. The van der Waals surface area contributed by atoms with Gasteiger partial charge in [-0.1, -0.05) is 0 Å². The number of aromatic nitrogens is 1. The summed E-state index contributed by atoms with van der Waals surface area (Å²) in [5.41, 5.74) is 1.11. The minimum atomic E-state index is -0.577. The van der Waals surface area contributed by atoms with E-state index in [9.17, 15) is 9.59 Å². The lowest BCUT2D eigenvalue weighted by atomic mass is 10.1. The van der Waals surface area contributed by atoms with E-state index in [1.807, 2.05) is 39.8 Å². The third-order valence-electron chi connectivity index (χ3n) is 3.56. The van der Waals surface area contributed by atoms with E-state index in [0.717, 1.165) is 16.5 Å². The summed E-state index contributed by atoms with van der Waals surface area (Å²) in [6, 6.07) is 5.48. The number of carbonyl (C=O) groups excluding carboxylic acids is 2. The molecule has 0 saturated carbocycles. The van der Waals surface area contributed by atoms with Crippen molar-refractivity contribution in [1.29, 1.82) is 0 Å². The molecule has 1 heterocycles. The van der Waals surface area contributed by atoms with Crippen LogP contribution in [0.3, 0.4) is 0 Å². The number of ether oxygens (including phenoxy) is 2. The van der Waals surface area contributed by atoms with Crippen LogP contribution in [0.2, 0.25) is 0 Å². The van der Waals surface area contributed by atoms with E-state index in [-0.39, 0.29) is 6.04 Å². The Morgan fingerprint density at radius 1 is 1.38 bits per heavy atom. The number of rotatable bonds is 5. The minimum Gasteiger partial charge on any atom is -0.497 e. The second kappa shape index (κ2) is 6.95. The van der Waals surface area contributed by atoms with Crippen molar-refractivity contribution in [2.45, 2.75) is 45.8 Å². The molecule has 1 aromatic heterocycles. The van der Waals surface area contributed by atoms with Crippen molar-refractivity contribution in [3.8, 4) is 5.75 Å². The van der Waals surface area contributed by atoms with Gasteiger partial charge in [-0.25, -0.2) is 4.79 Å². The maximum absolute atomic E-state index is 12.5. The molecule has 0 aliphatic rings. The zero-order chi connectivity index (χ0) is 17.9. The molecule has 1 N–H and O–H groups in total. The normalized spacial score (nSPS) is 12.7. The molecule has 0 fully saturated rings. The molecule has 24 heavy (non-hydrogen) atoms. The lowest BCUT2D eigenvalue weighted by Gasteiger charge is -2.19. The molecule has 2 aromatic rings. The zero-order valence-corrected chi connectivity index (χ0v) is 14.8. The van der Waals surface area contributed by atoms with Crippen molar-refractivity contribution in [3.63, 3.8) is 0 Å². The van der Waals surface area contributed by atoms with Gasteiger partial charge in [-0.15, -0.1) is 0 Å². The van der Waals surface area contributed by atoms with Crippen LogP contribution in [0.5, 0.6) is 5.75 Å². The Hall–Kier alpha value is -2.50. The van der Waals surface area contributed by atoms with Gasteiger partial charge in [0.15, 0.2) is 0 Å².